The van der Waals surface area contributed by atoms with Crippen LogP contribution in [0.15, 0.2) is 12.1 Å². The Morgan fingerprint density at radius 3 is 2.60 bits per heavy atom. The molecule has 108 valence electrons. The van der Waals surface area contributed by atoms with Crippen LogP contribution in [0.1, 0.15) is 11.5 Å². The zero-order chi connectivity index (χ0) is 14.9. The van der Waals surface area contributed by atoms with E-state index in [0.29, 0.717) is 0 Å². The molecule has 0 aliphatic carbocycles. The van der Waals surface area contributed by atoms with E-state index < -0.39 is 35.3 Å². The molecule has 1 aromatic carbocycles. The SMILES string of the molecule is COC(=O)[C@@H]1C(=O)NC[C@H]1c1cc(F)c(OC)cc1F. The number of ether oxygens (including phenoxy) is 2. The van der Waals surface area contributed by atoms with E-state index in [4.69, 9.17) is 0 Å². The summed E-state index contributed by atoms with van der Waals surface area (Å²) < 4.78 is 36.9. The van der Waals surface area contributed by atoms with Crippen LogP contribution in [0.5, 0.6) is 5.75 Å². The number of benzene rings is 1. The predicted octanol–water partition coefficient (Wildman–Crippen LogP) is 0.976. The molecule has 1 saturated heterocycles. The Hall–Kier alpha value is -2.18. The molecule has 20 heavy (non-hydrogen) atoms. The first-order chi connectivity index (χ1) is 9.49. The molecule has 0 unspecified atom stereocenters. The van der Waals surface area contributed by atoms with Crippen LogP contribution in [0.3, 0.4) is 0 Å². The Labute approximate surface area is 113 Å². The van der Waals surface area contributed by atoms with Crippen molar-refractivity contribution >= 4 is 11.9 Å². The van der Waals surface area contributed by atoms with Crippen molar-refractivity contribution in [1.29, 1.82) is 0 Å². The standard InChI is InChI=1S/C13H13F2NO4/c1-19-10-4-8(14)6(3-9(10)15)7-5-16-12(17)11(7)13(18)20-2/h3-4,7,11H,5H2,1-2H3,(H,16,17)/t7-,11-/m0/s1. The monoisotopic (exact) mass is 285 g/mol. The molecule has 7 heteroatoms. The zero-order valence-electron chi connectivity index (χ0n) is 10.9. The Kier molecular flexibility index (Phi) is 3.87. The fourth-order valence-corrected chi connectivity index (χ4v) is 2.29. The molecular formula is C13H13F2NO4. The average molecular weight is 285 g/mol. The van der Waals surface area contributed by atoms with Crippen molar-refractivity contribution in [3.8, 4) is 5.75 Å². The molecule has 1 N–H and O–H groups in total. The van der Waals surface area contributed by atoms with E-state index in [1.54, 1.807) is 0 Å². The Morgan fingerprint density at radius 2 is 2.00 bits per heavy atom. The van der Waals surface area contributed by atoms with Gasteiger partial charge in [0.2, 0.25) is 5.91 Å². The summed E-state index contributed by atoms with van der Waals surface area (Å²) in [6.07, 6.45) is 0. The number of carbonyl (C=O) groups is 2. The quantitative estimate of drug-likeness (QED) is 0.664. The van der Waals surface area contributed by atoms with Gasteiger partial charge in [-0.25, -0.2) is 8.78 Å². The number of amides is 1. The third-order valence-corrected chi connectivity index (χ3v) is 3.31. The van der Waals surface area contributed by atoms with Gasteiger partial charge in [-0.05, 0) is 11.6 Å². The van der Waals surface area contributed by atoms with Crippen LogP contribution < -0.4 is 10.1 Å². The lowest BCUT2D eigenvalue weighted by molar-refractivity contribution is -0.149. The number of carbonyl (C=O) groups excluding carboxylic acids is 2. The van der Waals surface area contributed by atoms with Gasteiger partial charge in [0.15, 0.2) is 11.6 Å². The van der Waals surface area contributed by atoms with E-state index in [1.807, 2.05) is 0 Å². The summed E-state index contributed by atoms with van der Waals surface area (Å²) in [4.78, 5) is 23.2. The molecule has 0 saturated carbocycles. The van der Waals surface area contributed by atoms with E-state index in [-0.39, 0.29) is 17.9 Å². The van der Waals surface area contributed by atoms with Gasteiger partial charge >= 0.3 is 5.97 Å². The van der Waals surface area contributed by atoms with E-state index in [0.717, 1.165) is 19.2 Å². The fourth-order valence-electron chi connectivity index (χ4n) is 2.29. The molecule has 1 aromatic rings. The van der Waals surface area contributed by atoms with Gasteiger partial charge in [0.25, 0.3) is 0 Å². The molecule has 1 heterocycles. The number of rotatable bonds is 3. The van der Waals surface area contributed by atoms with Crippen molar-refractivity contribution in [2.75, 3.05) is 20.8 Å². The van der Waals surface area contributed by atoms with Gasteiger partial charge in [-0.1, -0.05) is 0 Å². The third kappa shape index (κ3) is 2.31. The lowest BCUT2D eigenvalue weighted by Crippen LogP contribution is -2.28. The van der Waals surface area contributed by atoms with Crippen LogP contribution in [0.4, 0.5) is 8.78 Å². The fraction of sp³-hybridized carbons (Fsp3) is 0.385. The molecule has 5 nitrogen and oxygen atoms in total. The molecule has 2 atom stereocenters. The van der Waals surface area contributed by atoms with Crippen LogP contribution in [-0.2, 0) is 14.3 Å². The van der Waals surface area contributed by atoms with Crippen LogP contribution in [-0.4, -0.2) is 32.6 Å². The zero-order valence-corrected chi connectivity index (χ0v) is 10.9. The number of halogens is 2. The Balaban J connectivity index is 2.42. The van der Waals surface area contributed by atoms with Crippen molar-refractivity contribution < 1.29 is 27.8 Å². The van der Waals surface area contributed by atoms with Crippen LogP contribution in [0.2, 0.25) is 0 Å². The first-order valence-electron chi connectivity index (χ1n) is 5.88. The molecule has 2 rings (SSSR count). The summed E-state index contributed by atoms with van der Waals surface area (Å²) in [6.45, 7) is 0.0429. The Morgan fingerprint density at radius 1 is 1.30 bits per heavy atom. The normalized spacial score (nSPS) is 21.5. The molecule has 0 bridgehead atoms. The summed E-state index contributed by atoms with van der Waals surface area (Å²) in [5, 5.41) is 2.45. The maximum absolute atomic E-state index is 14.0. The molecular weight excluding hydrogens is 272 g/mol. The number of nitrogens with one attached hydrogen (secondary N) is 1. The van der Waals surface area contributed by atoms with Crippen molar-refractivity contribution in [2.24, 2.45) is 5.92 Å². The van der Waals surface area contributed by atoms with Gasteiger partial charge < -0.3 is 14.8 Å². The van der Waals surface area contributed by atoms with Crippen LogP contribution >= 0.6 is 0 Å². The molecule has 0 aromatic heterocycles. The van der Waals surface area contributed by atoms with Crippen LogP contribution in [0, 0.1) is 17.6 Å². The molecule has 0 spiro atoms. The van der Waals surface area contributed by atoms with Crippen molar-refractivity contribution in [1.82, 2.24) is 5.32 Å². The molecule has 1 aliphatic heterocycles. The second-order valence-corrected chi connectivity index (χ2v) is 4.36. The lowest BCUT2D eigenvalue weighted by atomic mass is 9.88. The van der Waals surface area contributed by atoms with Gasteiger partial charge in [0.1, 0.15) is 11.7 Å². The summed E-state index contributed by atoms with van der Waals surface area (Å²) in [5.41, 5.74) is -0.0583. The topological polar surface area (TPSA) is 64.6 Å². The summed E-state index contributed by atoms with van der Waals surface area (Å²) >= 11 is 0. The first-order valence-corrected chi connectivity index (χ1v) is 5.88. The number of methoxy groups -OCH3 is 2. The van der Waals surface area contributed by atoms with Crippen molar-refractivity contribution in [3.05, 3.63) is 29.3 Å². The molecule has 1 fully saturated rings. The molecule has 1 aliphatic rings. The van der Waals surface area contributed by atoms with Gasteiger partial charge in [-0.15, -0.1) is 0 Å². The first kappa shape index (κ1) is 14.2. The second-order valence-electron chi connectivity index (χ2n) is 4.36. The van der Waals surface area contributed by atoms with Gasteiger partial charge in [-0.2, -0.15) is 0 Å². The van der Waals surface area contributed by atoms with E-state index in [1.165, 1.54) is 7.11 Å². The minimum absolute atomic E-state index is 0.0429. The van der Waals surface area contributed by atoms with E-state index in [9.17, 15) is 18.4 Å². The highest BCUT2D eigenvalue weighted by molar-refractivity contribution is 6.00. The van der Waals surface area contributed by atoms with Crippen LogP contribution in [0.25, 0.3) is 0 Å². The van der Waals surface area contributed by atoms with E-state index in [2.05, 4.69) is 14.8 Å². The van der Waals surface area contributed by atoms with Crippen molar-refractivity contribution in [2.45, 2.75) is 5.92 Å². The smallest absolute Gasteiger partial charge is 0.318 e. The average Bonchev–Trinajstić information content (AvgIpc) is 2.81. The lowest BCUT2D eigenvalue weighted by Gasteiger charge is -2.16. The van der Waals surface area contributed by atoms with Crippen molar-refractivity contribution in [3.63, 3.8) is 0 Å². The third-order valence-electron chi connectivity index (χ3n) is 3.31. The maximum Gasteiger partial charge on any atom is 0.318 e. The van der Waals surface area contributed by atoms with E-state index >= 15 is 0 Å². The van der Waals surface area contributed by atoms with Gasteiger partial charge in [-0.3, -0.25) is 9.59 Å². The molecule has 1 amide bonds. The minimum Gasteiger partial charge on any atom is -0.494 e. The highest BCUT2D eigenvalue weighted by Crippen LogP contribution is 2.34. The number of hydrogen-bond donors (Lipinski definition) is 1. The minimum atomic E-state index is -1.18. The highest BCUT2D eigenvalue weighted by atomic mass is 19.1. The summed E-state index contributed by atoms with van der Waals surface area (Å²) in [5.74, 6) is -5.06. The maximum atomic E-state index is 14.0. The number of esters is 1. The summed E-state index contributed by atoms with van der Waals surface area (Å²) in [7, 11) is 2.35. The largest absolute Gasteiger partial charge is 0.494 e. The highest BCUT2D eigenvalue weighted by Gasteiger charge is 2.43. The molecule has 0 radical (unpaired) electrons. The Bertz CT molecular complexity index is 562. The predicted molar refractivity (Wildman–Crippen MR) is 64.2 cm³/mol. The van der Waals surface area contributed by atoms with Gasteiger partial charge in [0.05, 0.1) is 14.2 Å². The summed E-state index contributed by atoms with van der Waals surface area (Å²) in [6, 6.07) is 1.83. The number of hydrogen-bond acceptors (Lipinski definition) is 4. The second kappa shape index (κ2) is 5.44. The van der Waals surface area contributed by atoms with Gasteiger partial charge in [0, 0.05) is 18.5 Å².